The van der Waals surface area contributed by atoms with Gasteiger partial charge in [0.2, 0.25) is 0 Å². The van der Waals surface area contributed by atoms with Crippen LogP contribution in [0.1, 0.15) is 0 Å². The van der Waals surface area contributed by atoms with E-state index in [1.807, 2.05) is 0 Å². The van der Waals surface area contributed by atoms with E-state index in [1.54, 1.807) is 0 Å². The molecule has 7 nitrogen and oxygen atoms in total. The van der Waals surface area contributed by atoms with Crippen LogP contribution in [0.15, 0.2) is 23.9 Å². The van der Waals surface area contributed by atoms with Gasteiger partial charge in [-0.1, -0.05) is 0 Å². The molecule has 118 valence electrons. The summed E-state index contributed by atoms with van der Waals surface area (Å²) in [6.45, 7) is -0.469. The number of aliphatic hydroxyl groups excluding tert-OH is 1. The summed E-state index contributed by atoms with van der Waals surface area (Å²) in [6.07, 6.45) is 1.05. The molecule has 0 unspecified atom stereocenters. The lowest BCUT2D eigenvalue weighted by Gasteiger charge is -2.15. The third kappa shape index (κ3) is 2.86. The van der Waals surface area contributed by atoms with Crippen molar-refractivity contribution < 1.29 is 28.6 Å². The number of amides is 2. The first-order chi connectivity index (χ1) is 10.5. The molecule has 0 spiro atoms. The number of β-amino-alcohol motifs (C(OH)–C–C–N with tert-alkyl or cyclic N) is 1. The first-order valence-electron chi connectivity index (χ1n) is 6.38. The molecule has 1 aromatic rings. The number of methoxy groups -OCH3 is 2. The molecule has 8 heteroatoms. The van der Waals surface area contributed by atoms with E-state index in [4.69, 9.17) is 14.6 Å². The number of benzene rings is 1. The smallest absolute Gasteiger partial charge is 0.277 e. The van der Waals surface area contributed by atoms with Crippen LogP contribution in [0.2, 0.25) is 0 Å². The van der Waals surface area contributed by atoms with Gasteiger partial charge < -0.3 is 19.9 Å². The molecule has 1 heterocycles. The predicted octanol–water partition coefficient (Wildman–Crippen LogP) is 0.500. The molecule has 1 aromatic carbocycles. The molecule has 2 rings (SSSR count). The summed E-state index contributed by atoms with van der Waals surface area (Å²) in [5, 5.41) is 11.4. The van der Waals surface area contributed by atoms with Crippen molar-refractivity contribution >= 4 is 17.5 Å². The number of hydrogen-bond donors (Lipinski definition) is 2. The average molecular weight is 310 g/mol. The summed E-state index contributed by atoms with van der Waals surface area (Å²) >= 11 is 0. The highest BCUT2D eigenvalue weighted by Gasteiger charge is 2.31. The monoisotopic (exact) mass is 310 g/mol. The van der Waals surface area contributed by atoms with Crippen molar-refractivity contribution in [1.29, 1.82) is 0 Å². The van der Waals surface area contributed by atoms with E-state index < -0.39 is 17.6 Å². The fourth-order valence-electron chi connectivity index (χ4n) is 1.98. The van der Waals surface area contributed by atoms with Gasteiger partial charge in [-0.2, -0.15) is 0 Å². The molecule has 0 atom stereocenters. The van der Waals surface area contributed by atoms with Crippen LogP contribution in [0.25, 0.3) is 0 Å². The zero-order valence-corrected chi connectivity index (χ0v) is 12.1. The molecule has 0 radical (unpaired) electrons. The molecule has 2 N–H and O–H groups in total. The number of imide groups is 1. The van der Waals surface area contributed by atoms with Crippen LogP contribution in [-0.2, 0) is 9.59 Å². The number of anilines is 1. The third-order valence-corrected chi connectivity index (χ3v) is 3.07. The van der Waals surface area contributed by atoms with E-state index in [0.717, 1.165) is 11.0 Å². The van der Waals surface area contributed by atoms with Gasteiger partial charge in [0.25, 0.3) is 11.8 Å². The molecule has 2 amide bonds. The Kier molecular flexibility index (Phi) is 4.62. The summed E-state index contributed by atoms with van der Waals surface area (Å²) in [4.78, 5) is 24.5. The van der Waals surface area contributed by atoms with Crippen molar-refractivity contribution in [2.24, 2.45) is 0 Å². The lowest BCUT2D eigenvalue weighted by Crippen LogP contribution is -2.34. The Bertz CT molecular complexity index is 644. The average Bonchev–Trinajstić information content (AvgIpc) is 2.77. The molecule has 0 bridgehead atoms. The van der Waals surface area contributed by atoms with Gasteiger partial charge in [-0.25, -0.2) is 4.39 Å². The minimum absolute atomic E-state index is 0.0607. The fourth-order valence-corrected chi connectivity index (χ4v) is 1.98. The standard InChI is InChI=1S/C14H15FN2O5/c1-21-8-5-9(13(15)11(6-8)22-2)16-10-7-12(19)17(3-4-18)14(10)20/h5-7,16,18H,3-4H2,1-2H3. The Morgan fingerprint density at radius 1 is 1.27 bits per heavy atom. The Morgan fingerprint density at radius 2 is 2.00 bits per heavy atom. The van der Waals surface area contributed by atoms with Gasteiger partial charge in [0.1, 0.15) is 11.4 Å². The maximum absolute atomic E-state index is 14.2. The van der Waals surface area contributed by atoms with Gasteiger partial charge in [0.15, 0.2) is 11.6 Å². The van der Waals surface area contributed by atoms with Gasteiger partial charge in [0.05, 0.1) is 33.1 Å². The van der Waals surface area contributed by atoms with Crippen LogP contribution in [0.4, 0.5) is 10.1 Å². The van der Waals surface area contributed by atoms with Gasteiger partial charge in [-0.05, 0) is 0 Å². The lowest BCUT2D eigenvalue weighted by molar-refractivity contribution is -0.137. The van der Waals surface area contributed by atoms with Gasteiger partial charge in [0, 0.05) is 18.2 Å². The number of nitrogens with zero attached hydrogens (tertiary/aromatic N) is 1. The number of hydrogen-bond acceptors (Lipinski definition) is 6. The summed E-state index contributed by atoms with van der Waals surface area (Å²) in [6, 6.07) is 2.69. The first-order valence-corrected chi connectivity index (χ1v) is 6.38. The maximum atomic E-state index is 14.2. The van der Waals surface area contributed by atoms with E-state index in [-0.39, 0.29) is 30.3 Å². The van der Waals surface area contributed by atoms with Gasteiger partial charge in [-0.15, -0.1) is 0 Å². The second kappa shape index (κ2) is 6.44. The normalized spacial score (nSPS) is 14.2. The van der Waals surface area contributed by atoms with Crippen molar-refractivity contribution in [2.45, 2.75) is 0 Å². The topological polar surface area (TPSA) is 88.1 Å². The number of nitrogens with one attached hydrogen (secondary N) is 1. The van der Waals surface area contributed by atoms with Crippen LogP contribution >= 0.6 is 0 Å². The van der Waals surface area contributed by atoms with E-state index >= 15 is 0 Å². The maximum Gasteiger partial charge on any atom is 0.277 e. The number of aliphatic hydroxyl groups is 1. The molecule has 1 aliphatic rings. The Balaban J connectivity index is 2.30. The summed E-state index contributed by atoms with van der Waals surface area (Å²) in [5.41, 5.74) is -0.151. The van der Waals surface area contributed by atoms with Crippen molar-refractivity contribution in [3.63, 3.8) is 0 Å². The predicted molar refractivity (Wildman–Crippen MR) is 75.0 cm³/mol. The summed E-state index contributed by atoms with van der Waals surface area (Å²) in [7, 11) is 2.71. The Hall–Kier alpha value is -2.61. The zero-order valence-electron chi connectivity index (χ0n) is 12.1. The largest absolute Gasteiger partial charge is 0.497 e. The molecule has 22 heavy (non-hydrogen) atoms. The van der Waals surface area contributed by atoms with E-state index in [9.17, 15) is 14.0 Å². The third-order valence-electron chi connectivity index (χ3n) is 3.07. The first kappa shape index (κ1) is 15.8. The fraction of sp³-hybridized carbons (Fsp3) is 0.286. The highest BCUT2D eigenvalue weighted by Crippen LogP contribution is 2.32. The molecule has 0 aliphatic carbocycles. The van der Waals surface area contributed by atoms with Crippen molar-refractivity contribution in [2.75, 3.05) is 32.7 Å². The van der Waals surface area contributed by atoms with E-state index in [1.165, 1.54) is 26.4 Å². The number of carbonyl (C=O) groups is 2. The zero-order chi connectivity index (χ0) is 16.3. The summed E-state index contributed by atoms with van der Waals surface area (Å²) < 4.78 is 24.1. The lowest BCUT2D eigenvalue weighted by atomic mass is 10.2. The highest BCUT2D eigenvalue weighted by molar-refractivity contribution is 6.17. The second-order valence-corrected chi connectivity index (χ2v) is 4.39. The minimum atomic E-state index is -0.718. The van der Waals surface area contributed by atoms with E-state index in [0.29, 0.717) is 5.75 Å². The molecule has 0 aromatic heterocycles. The number of rotatable bonds is 6. The molecular formula is C14H15FN2O5. The van der Waals surface area contributed by atoms with Gasteiger partial charge >= 0.3 is 0 Å². The highest BCUT2D eigenvalue weighted by atomic mass is 19.1. The van der Waals surface area contributed by atoms with Crippen molar-refractivity contribution in [1.82, 2.24) is 4.90 Å². The van der Waals surface area contributed by atoms with Gasteiger partial charge in [-0.3, -0.25) is 14.5 Å². The quantitative estimate of drug-likeness (QED) is 0.744. The van der Waals surface area contributed by atoms with Crippen LogP contribution in [0.5, 0.6) is 11.5 Å². The van der Waals surface area contributed by atoms with E-state index in [2.05, 4.69) is 5.32 Å². The van der Waals surface area contributed by atoms with Crippen molar-refractivity contribution in [3.05, 3.63) is 29.7 Å². The van der Waals surface area contributed by atoms with Crippen LogP contribution in [0, 0.1) is 5.82 Å². The van der Waals surface area contributed by atoms with Crippen LogP contribution < -0.4 is 14.8 Å². The molecule has 0 saturated carbocycles. The molecule has 1 aliphatic heterocycles. The molecular weight excluding hydrogens is 295 g/mol. The Labute approximate surface area is 125 Å². The van der Waals surface area contributed by atoms with Crippen LogP contribution in [-0.4, -0.2) is 49.2 Å². The van der Waals surface area contributed by atoms with Crippen molar-refractivity contribution in [3.8, 4) is 11.5 Å². The minimum Gasteiger partial charge on any atom is -0.497 e. The number of halogens is 1. The molecule has 0 fully saturated rings. The Morgan fingerprint density at radius 3 is 2.59 bits per heavy atom. The van der Waals surface area contributed by atoms with Crippen LogP contribution in [0.3, 0.4) is 0 Å². The number of ether oxygens (including phenoxy) is 2. The SMILES string of the molecule is COc1cc(NC2=CC(=O)N(CCO)C2=O)c(F)c(OC)c1. The summed E-state index contributed by atoms with van der Waals surface area (Å²) in [5.74, 6) is -1.67. The second-order valence-electron chi connectivity index (χ2n) is 4.39. The molecule has 0 saturated heterocycles. The number of carbonyl (C=O) groups excluding carboxylic acids is 2.